The summed E-state index contributed by atoms with van der Waals surface area (Å²) in [6.07, 6.45) is -17.0. The number of benzene rings is 3. The van der Waals surface area contributed by atoms with Crippen molar-refractivity contribution < 1.29 is 120 Å². The van der Waals surface area contributed by atoms with Crippen LogP contribution in [0.4, 0.5) is 75.4 Å². The molecule has 84 heavy (non-hydrogen) atoms. The number of pyridine rings is 4. The number of rotatable bonds is 12. The third kappa shape index (κ3) is 21.6. The molecule has 4 heterocycles. The van der Waals surface area contributed by atoms with Crippen LogP contribution in [0.5, 0.6) is 0 Å². The Morgan fingerprint density at radius 1 is 0.464 bits per heavy atom. The summed E-state index contributed by atoms with van der Waals surface area (Å²) < 4.78 is 132. The van der Waals surface area contributed by atoms with E-state index < -0.39 is 48.6 Å². The van der Waals surface area contributed by atoms with Crippen LogP contribution in [-0.4, -0.2) is 148 Å². The Bertz CT molecular complexity index is 3270. The first-order valence-corrected chi connectivity index (χ1v) is 23.8. The predicted octanol–water partition coefficient (Wildman–Crippen LogP) is 2.67. The topological polar surface area (TPSA) is 276 Å². The minimum atomic E-state index is -5.19. The minimum absolute atomic E-state index is 0.230. The van der Waals surface area contributed by atoms with Gasteiger partial charge in [0.25, 0.3) is 11.8 Å². The van der Waals surface area contributed by atoms with E-state index in [4.69, 9.17) is 49.6 Å². The number of alkyl halides is 12. The van der Waals surface area contributed by atoms with Crippen molar-refractivity contribution in [1.29, 1.82) is 0 Å². The van der Waals surface area contributed by atoms with Crippen LogP contribution < -0.4 is 50.8 Å². The number of aryl methyl sites for hydroxylation is 2. The number of carboxylic acid groups (broad SMARTS) is 4. The molecule has 0 bridgehead atoms. The van der Waals surface area contributed by atoms with Gasteiger partial charge in [0, 0.05) is 45.1 Å². The van der Waals surface area contributed by atoms with Crippen molar-refractivity contribution in [3.8, 4) is 0 Å². The molecule has 0 spiro atoms. The number of carbonyl (C=O) groups is 6. The average molecular weight is 1210 g/mol. The second kappa shape index (κ2) is 27.7. The molecule has 0 atom stereocenters. The number of para-hydroxylation sites is 2. The molecule has 0 aliphatic carbocycles. The number of quaternary nitrogens is 2. The third-order valence-corrected chi connectivity index (χ3v) is 10.8. The van der Waals surface area contributed by atoms with E-state index in [9.17, 15) is 62.3 Å². The summed E-state index contributed by atoms with van der Waals surface area (Å²) in [4.78, 5) is 73.4. The molecule has 32 heteroatoms. The summed E-state index contributed by atoms with van der Waals surface area (Å²) >= 11 is 0. The lowest BCUT2D eigenvalue weighted by atomic mass is 10.1. The van der Waals surface area contributed by atoms with Gasteiger partial charge >= 0.3 is 24.7 Å². The van der Waals surface area contributed by atoms with Gasteiger partial charge in [-0.25, -0.2) is 9.97 Å². The van der Waals surface area contributed by atoms with Crippen molar-refractivity contribution in [3.05, 3.63) is 109 Å². The molecule has 20 nitrogen and oxygen atoms in total. The number of nitrogens with zero attached hydrogens (tertiary/aromatic N) is 6. The molecule has 454 valence electrons. The smallest absolute Gasteiger partial charge is 0.430 e. The molecule has 2 amide bonds. The molecule has 7 rings (SSSR count). The molecule has 0 saturated carbocycles. The van der Waals surface area contributed by atoms with Crippen LogP contribution in [0.15, 0.2) is 97.3 Å². The van der Waals surface area contributed by atoms with Crippen molar-refractivity contribution in [3.63, 3.8) is 0 Å². The number of aliphatic carboxylic acids is 4. The molecular formula is C52H52F12N10O10. The number of hydrogen-bond donors (Lipinski definition) is 4. The van der Waals surface area contributed by atoms with E-state index in [0.717, 1.165) is 66.0 Å². The Labute approximate surface area is 468 Å². The van der Waals surface area contributed by atoms with E-state index >= 15 is 0 Å². The molecular weight excluding hydrogens is 1150 g/mol. The molecule has 3 aromatic carbocycles. The number of halogens is 12. The van der Waals surface area contributed by atoms with Gasteiger partial charge in [-0.15, -0.1) is 0 Å². The number of hydrogen-bond acceptors (Lipinski definition) is 14. The number of fused-ring (bicyclic) bond motifs is 5. The highest BCUT2D eigenvalue weighted by Gasteiger charge is 2.31. The van der Waals surface area contributed by atoms with Gasteiger partial charge in [-0.05, 0) is 48.5 Å². The number of amides is 2. The number of anilines is 4. The van der Waals surface area contributed by atoms with Crippen LogP contribution >= 0.6 is 0 Å². The lowest BCUT2D eigenvalue weighted by Gasteiger charge is -2.25. The second-order valence-electron chi connectivity index (χ2n) is 19.7. The van der Waals surface area contributed by atoms with Gasteiger partial charge in [-0.2, -0.15) is 61.8 Å². The minimum Gasteiger partial charge on any atom is -0.542 e. The zero-order valence-electron chi connectivity index (χ0n) is 45.4. The lowest BCUT2D eigenvalue weighted by molar-refractivity contribution is -0.868. The van der Waals surface area contributed by atoms with Gasteiger partial charge in [0.15, 0.2) is 12.4 Å². The molecule has 7 aromatic rings. The fourth-order valence-electron chi connectivity index (χ4n) is 6.91. The molecule has 0 unspecified atom stereocenters. The van der Waals surface area contributed by atoms with Gasteiger partial charge in [-0.1, -0.05) is 24.3 Å². The second-order valence-corrected chi connectivity index (χ2v) is 19.7. The van der Waals surface area contributed by atoms with E-state index in [-0.39, 0.29) is 23.2 Å². The Morgan fingerprint density at radius 2 is 0.738 bits per heavy atom. The SMILES string of the molecule is C[n+]1cc(NC(=O)c2cc(NCC[N+](C)(C)C)c3ccc4c(NCC[N+](C)(C)C)cc(C(=O)Nc5cc6ccccc6[n+](C)c5)nc4c3n2)cc2ccccc21.O=C([O-])C(F)(F)F.O=C([O-])C(F)(F)F.O=C([O-])C(F)(F)F.O=C([O-])C(F)(F)F. The van der Waals surface area contributed by atoms with Crippen LogP contribution in [0.3, 0.4) is 0 Å². The number of aromatic nitrogens is 4. The van der Waals surface area contributed by atoms with Crippen molar-refractivity contribution in [2.24, 2.45) is 14.1 Å². The van der Waals surface area contributed by atoms with Gasteiger partial charge in [0.1, 0.15) is 60.7 Å². The van der Waals surface area contributed by atoms with E-state index in [0.29, 0.717) is 35.5 Å². The zero-order chi connectivity index (χ0) is 64.1. The summed E-state index contributed by atoms with van der Waals surface area (Å²) in [5.41, 5.74) is 6.44. The first kappa shape index (κ1) is 69.1. The predicted molar refractivity (Wildman–Crippen MR) is 270 cm³/mol. The quantitative estimate of drug-likeness (QED) is 0.0593. The van der Waals surface area contributed by atoms with Gasteiger partial charge in [0.05, 0.1) is 79.5 Å². The average Bonchev–Trinajstić information content (AvgIpc) is 2.93. The van der Waals surface area contributed by atoms with Crippen molar-refractivity contribution in [1.82, 2.24) is 9.97 Å². The fraction of sp³-hybridized carbons (Fsp3) is 0.308. The first-order valence-electron chi connectivity index (χ1n) is 23.8. The normalized spacial score (nSPS) is 11.8. The Morgan fingerprint density at radius 3 is 1.00 bits per heavy atom. The monoisotopic (exact) mass is 1200 g/mol. The molecule has 4 N–H and O–H groups in total. The molecule has 0 radical (unpaired) electrons. The summed E-state index contributed by atoms with van der Waals surface area (Å²) in [5, 5.41) is 52.1. The number of likely N-dealkylation sites (N-methyl/N-ethyl adjacent to an activating group) is 2. The molecule has 0 aliphatic heterocycles. The van der Waals surface area contributed by atoms with Crippen LogP contribution in [0, 0.1) is 0 Å². The molecule has 0 fully saturated rings. The Kier molecular flexibility index (Phi) is 22.8. The number of nitrogens with one attached hydrogen (secondary N) is 4. The van der Waals surface area contributed by atoms with E-state index in [2.05, 4.69) is 63.6 Å². The first-order chi connectivity index (χ1) is 38.4. The number of carbonyl (C=O) groups excluding carboxylic acids is 6. The van der Waals surface area contributed by atoms with E-state index in [1.807, 2.05) is 108 Å². The fourth-order valence-corrected chi connectivity index (χ4v) is 6.91. The summed E-state index contributed by atoms with van der Waals surface area (Å²) in [5.74, 6) is -12.7. The molecule has 0 saturated heterocycles. The van der Waals surface area contributed by atoms with Crippen molar-refractivity contribution in [2.45, 2.75) is 24.7 Å². The van der Waals surface area contributed by atoms with Gasteiger partial charge in [0.2, 0.25) is 11.0 Å². The van der Waals surface area contributed by atoms with Crippen LogP contribution in [0.1, 0.15) is 21.0 Å². The zero-order valence-corrected chi connectivity index (χ0v) is 45.4. The highest BCUT2D eigenvalue weighted by Crippen LogP contribution is 2.34. The van der Waals surface area contributed by atoms with Gasteiger partial charge in [-0.3, -0.25) is 9.59 Å². The Hall–Kier alpha value is -9.20. The van der Waals surface area contributed by atoms with E-state index in [1.165, 1.54) is 0 Å². The number of carboxylic acids is 4. The van der Waals surface area contributed by atoms with Crippen LogP contribution in [-0.2, 0) is 33.3 Å². The van der Waals surface area contributed by atoms with Crippen molar-refractivity contribution >= 4 is 102 Å². The summed E-state index contributed by atoms with van der Waals surface area (Å²) in [7, 11) is 16.8. The standard InChI is InChI=1S/C44H50N10O2.4C2HF3O2/c1-51-27-31(23-29-13-9-11-15-39(29)51)47-43(55)37-25-35(45-19-21-53(3,4)5)33-17-18-34-36(46-20-22-54(6,7)8)26-38(50-42(34)41(33)49-37)44(56)48-32-24-30-14-10-12-16-40(30)52(2)28-32;4*3-2(4,5)1(6)7/h9-18,23-28H,19-22H2,1-8H3,(H2-2,45,46,47,48,49,50,55,56);4*(H,6,7)/q+2;;;;/p-2. The van der Waals surface area contributed by atoms with E-state index in [1.54, 1.807) is 12.1 Å². The van der Waals surface area contributed by atoms with Gasteiger partial charge < -0.3 is 69.8 Å². The third-order valence-electron chi connectivity index (χ3n) is 10.8. The highest BCUT2D eigenvalue weighted by molar-refractivity contribution is 6.15. The summed E-state index contributed by atoms with van der Waals surface area (Å²) in [6.45, 7) is 3.03. The maximum Gasteiger partial charge on any atom is 0.430 e. The summed E-state index contributed by atoms with van der Waals surface area (Å²) in [6, 6.07) is 27.6. The largest absolute Gasteiger partial charge is 0.542 e. The van der Waals surface area contributed by atoms with Crippen LogP contribution in [0.25, 0.3) is 43.6 Å². The molecule has 0 aliphatic rings. The molecule has 4 aromatic heterocycles. The van der Waals surface area contributed by atoms with Crippen molar-refractivity contribution in [2.75, 3.05) is 89.7 Å². The maximum atomic E-state index is 14.1. The highest BCUT2D eigenvalue weighted by atomic mass is 19.4. The Balaban J connectivity index is 0.000000543. The van der Waals surface area contributed by atoms with Crippen LogP contribution in [0.2, 0.25) is 0 Å². The maximum absolute atomic E-state index is 14.1. The lowest BCUT2D eigenvalue weighted by Crippen LogP contribution is -2.38.